The molecule has 9 heteroatoms. The number of methoxy groups -OCH3 is 1. The van der Waals surface area contributed by atoms with Gasteiger partial charge in [0.25, 0.3) is 17.2 Å². The largest absolute Gasteiger partial charge is 0.467 e. The van der Waals surface area contributed by atoms with Crippen LogP contribution in [-0.2, 0) is 33.8 Å². The maximum atomic E-state index is 13.9. The molecule has 7 nitrogen and oxygen atoms in total. The zero-order valence-electron chi connectivity index (χ0n) is 26.0. The predicted octanol–water partition coefficient (Wildman–Crippen LogP) is 7.91. The fraction of sp³-hybridized carbons (Fsp3) is 0.314. The average Bonchev–Trinajstić information content (AvgIpc) is 3.38. The number of carbonyl (C=O) groups is 2. The van der Waals surface area contributed by atoms with Gasteiger partial charge in [0.05, 0.1) is 7.11 Å². The molecule has 1 N–H and O–H groups in total. The van der Waals surface area contributed by atoms with Crippen LogP contribution in [-0.4, -0.2) is 38.2 Å². The van der Waals surface area contributed by atoms with Crippen molar-refractivity contribution in [3.63, 3.8) is 0 Å². The summed E-state index contributed by atoms with van der Waals surface area (Å²) < 4.78 is 29.6. The smallest absolute Gasteiger partial charge is 0.333 e. The van der Waals surface area contributed by atoms with Crippen molar-refractivity contribution >= 4 is 39.5 Å². The Labute approximate surface area is 266 Å². The molecule has 0 fully saturated rings. The predicted molar refractivity (Wildman–Crippen MR) is 179 cm³/mol. The molecule has 0 aliphatic heterocycles. The fourth-order valence-electron chi connectivity index (χ4n) is 5.11. The van der Waals surface area contributed by atoms with Gasteiger partial charge in [-0.05, 0) is 68.0 Å². The number of rotatable bonds is 11. The molecule has 0 saturated carbocycles. The standard InChI is InChI=1S/C35H40N2O5S2/c1-24(2)21-29-22-30(33(43-29)37(44(40)41)35(3,4)5)26-19-17-25(18-20-26)23-36(32(38)28-15-11-8-12-16-28)31(34(39)42-6)27-13-9-7-10-14-27/h7-20,22,24,31H,21,23H2,1-6H3,(H,40,41)/t31-/m0/s1. The minimum Gasteiger partial charge on any atom is -0.467 e. The number of ether oxygens (including phenoxy) is 1. The molecule has 0 aliphatic rings. The molecule has 232 valence electrons. The SMILES string of the molecule is COC(=O)[C@H](c1ccccc1)N(Cc1ccc(-c2cc(CC(C)C)sc2N(S(=O)O)C(C)(C)C)cc1)C(=O)c1ccccc1. The highest BCUT2D eigenvalue weighted by Gasteiger charge is 2.34. The Morgan fingerprint density at radius 3 is 2.05 bits per heavy atom. The molecule has 3 aromatic carbocycles. The minimum atomic E-state index is -2.22. The third-order valence-electron chi connectivity index (χ3n) is 7.07. The number of anilines is 1. The molecular formula is C35H40N2O5S2. The number of benzene rings is 3. The van der Waals surface area contributed by atoms with Crippen LogP contribution < -0.4 is 4.31 Å². The lowest BCUT2D eigenvalue weighted by atomic mass is 10.0. The lowest BCUT2D eigenvalue weighted by Gasteiger charge is -2.33. The first-order valence-electron chi connectivity index (χ1n) is 14.5. The van der Waals surface area contributed by atoms with E-state index in [1.54, 1.807) is 33.5 Å². The van der Waals surface area contributed by atoms with Gasteiger partial charge in [-0.2, -0.15) is 0 Å². The van der Waals surface area contributed by atoms with E-state index in [1.807, 2.05) is 81.4 Å². The zero-order valence-corrected chi connectivity index (χ0v) is 27.7. The molecule has 0 aliphatic carbocycles. The lowest BCUT2D eigenvalue weighted by Crippen LogP contribution is -2.42. The van der Waals surface area contributed by atoms with Gasteiger partial charge >= 0.3 is 5.97 Å². The normalized spacial score (nSPS) is 12.9. The molecule has 0 saturated heterocycles. The average molecular weight is 633 g/mol. The zero-order chi connectivity index (χ0) is 32.0. The Hall–Kier alpha value is -3.79. The van der Waals surface area contributed by atoms with Gasteiger partial charge < -0.3 is 9.64 Å². The first kappa shape index (κ1) is 33.1. The molecule has 4 rings (SSSR count). The molecule has 44 heavy (non-hydrogen) atoms. The van der Waals surface area contributed by atoms with Crippen LogP contribution in [0.2, 0.25) is 0 Å². The Kier molecular flexibility index (Phi) is 10.8. The van der Waals surface area contributed by atoms with Gasteiger partial charge in [-0.1, -0.05) is 86.6 Å². The van der Waals surface area contributed by atoms with E-state index in [-0.39, 0.29) is 12.5 Å². The van der Waals surface area contributed by atoms with Crippen LogP contribution in [0.3, 0.4) is 0 Å². The summed E-state index contributed by atoms with van der Waals surface area (Å²) in [5, 5.41) is 0.734. The number of nitrogens with zero attached hydrogens (tertiary/aromatic N) is 2. The van der Waals surface area contributed by atoms with E-state index in [2.05, 4.69) is 19.9 Å². The maximum absolute atomic E-state index is 13.9. The van der Waals surface area contributed by atoms with Gasteiger partial charge in [0.1, 0.15) is 5.00 Å². The summed E-state index contributed by atoms with van der Waals surface area (Å²) in [4.78, 5) is 29.7. The molecule has 0 bridgehead atoms. The third kappa shape index (κ3) is 7.83. The van der Waals surface area contributed by atoms with Crippen molar-refractivity contribution in [2.45, 2.75) is 59.2 Å². The van der Waals surface area contributed by atoms with E-state index >= 15 is 0 Å². The molecule has 0 radical (unpaired) electrons. The molecule has 4 aromatic rings. The topological polar surface area (TPSA) is 87.2 Å². The highest BCUT2D eigenvalue weighted by Crippen LogP contribution is 2.43. The van der Waals surface area contributed by atoms with Crippen LogP contribution in [0.25, 0.3) is 11.1 Å². The van der Waals surface area contributed by atoms with Crippen LogP contribution in [0.4, 0.5) is 5.00 Å². The number of amides is 1. The summed E-state index contributed by atoms with van der Waals surface area (Å²) in [7, 11) is 1.32. The summed E-state index contributed by atoms with van der Waals surface area (Å²) in [6.07, 6.45) is 0.858. The van der Waals surface area contributed by atoms with E-state index in [0.717, 1.165) is 33.0 Å². The second kappa shape index (κ2) is 14.3. The van der Waals surface area contributed by atoms with E-state index in [9.17, 15) is 18.4 Å². The molecule has 1 aromatic heterocycles. The van der Waals surface area contributed by atoms with Crippen molar-refractivity contribution in [1.29, 1.82) is 0 Å². The molecule has 1 amide bonds. The van der Waals surface area contributed by atoms with Gasteiger partial charge in [-0.15, -0.1) is 11.3 Å². The molecule has 1 unspecified atom stereocenters. The highest BCUT2D eigenvalue weighted by atomic mass is 32.2. The maximum Gasteiger partial charge on any atom is 0.333 e. The van der Waals surface area contributed by atoms with Crippen molar-refractivity contribution in [3.8, 4) is 11.1 Å². The summed E-state index contributed by atoms with van der Waals surface area (Å²) >= 11 is -0.678. The monoisotopic (exact) mass is 632 g/mol. The van der Waals surface area contributed by atoms with Gasteiger partial charge in [-0.25, -0.2) is 9.00 Å². The number of thiophene rings is 1. The van der Waals surface area contributed by atoms with Crippen LogP contribution >= 0.6 is 11.3 Å². The highest BCUT2D eigenvalue weighted by molar-refractivity contribution is 7.81. The molecule has 1 heterocycles. The van der Waals surface area contributed by atoms with Crippen molar-refractivity contribution in [2.75, 3.05) is 11.4 Å². The number of esters is 1. The van der Waals surface area contributed by atoms with Crippen molar-refractivity contribution in [2.24, 2.45) is 5.92 Å². The van der Waals surface area contributed by atoms with Crippen molar-refractivity contribution in [3.05, 3.63) is 113 Å². The third-order valence-corrected chi connectivity index (χ3v) is 9.37. The molecule has 2 atom stereocenters. The van der Waals surface area contributed by atoms with Crippen molar-refractivity contribution < 1.29 is 23.1 Å². The Balaban J connectivity index is 1.75. The summed E-state index contributed by atoms with van der Waals surface area (Å²) in [6, 6.07) is 27.0. The molecular weight excluding hydrogens is 593 g/mol. The van der Waals surface area contributed by atoms with E-state index < -0.39 is 28.8 Å². The van der Waals surface area contributed by atoms with Crippen LogP contribution in [0.1, 0.15) is 67.0 Å². The van der Waals surface area contributed by atoms with E-state index in [4.69, 9.17) is 4.74 Å². The quantitative estimate of drug-likeness (QED) is 0.134. The van der Waals surface area contributed by atoms with Gasteiger partial charge in [0.2, 0.25) is 0 Å². The first-order valence-corrected chi connectivity index (χ1v) is 16.4. The molecule has 0 spiro atoms. The Morgan fingerprint density at radius 1 is 0.932 bits per heavy atom. The van der Waals surface area contributed by atoms with Crippen LogP contribution in [0.5, 0.6) is 0 Å². The summed E-state index contributed by atoms with van der Waals surface area (Å²) in [5.41, 5.74) is 3.12. The number of hydrogen-bond donors (Lipinski definition) is 1. The van der Waals surface area contributed by atoms with E-state index in [1.165, 1.54) is 18.4 Å². The second-order valence-electron chi connectivity index (χ2n) is 12.1. The van der Waals surface area contributed by atoms with Gasteiger partial charge in [0.15, 0.2) is 6.04 Å². The number of carbonyl (C=O) groups excluding carboxylic acids is 2. The van der Waals surface area contributed by atoms with Crippen molar-refractivity contribution in [1.82, 2.24) is 4.90 Å². The van der Waals surface area contributed by atoms with Crippen LogP contribution in [0, 0.1) is 5.92 Å². The lowest BCUT2D eigenvalue weighted by molar-refractivity contribution is -0.146. The summed E-state index contributed by atoms with van der Waals surface area (Å²) in [5.74, 6) is -0.393. The Morgan fingerprint density at radius 2 is 1.52 bits per heavy atom. The fourth-order valence-corrected chi connectivity index (χ4v) is 7.60. The number of hydrogen-bond acceptors (Lipinski definition) is 5. The van der Waals surface area contributed by atoms with Gasteiger partial charge in [-0.3, -0.25) is 13.7 Å². The van der Waals surface area contributed by atoms with Gasteiger partial charge in [0, 0.05) is 28.1 Å². The first-order chi connectivity index (χ1) is 20.9. The van der Waals surface area contributed by atoms with E-state index in [0.29, 0.717) is 17.0 Å². The second-order valence-corrected chi connectivity index (χ2v) is 14.0. The van der Waals surface area contributed by atoms with Crippen LogP contribution in [0.15, 0.2) is 91.0 Å². The minimum absolute atomic E-state index is 0.159. The summed E-state index contributed by atoms with van der Waals surface area (Å²) in [6.45, 7) is 10.2. The Bertz CT molecular complexity index is 1580.